The molecule has 118 valence electrons. The lowest BCUT2D eigenvalue weighted by molar-refractivity contribution is 0.277. The number of ether oxygens (including phenoxy) is 1. The fourth-order valence-corrected chi connectivity index (χ4v) is 3.52. The molecule has 1 fully saturated rings. The molecule has 0 heterocycles. The summed E-state index contributed by atoms with van der Waals surface area (Å²) in [7, 11) is 0. The molecule has 2 rings (SSSR count). The van der Waals surface area contributed by atoms with Crippen LogP contribution in [0.1, 0.15) is 57.9 Å². The molecule has 1 aromatic rings. The van der Waals surface area contributed by atoms with Crippen LogP contribution in [0.4, 0.5) is 0 Å². The van der Waals surface area contributed by atoms with Gasteiger partial charge in [-0.1, -0.05) is 42.1 Å². The minimum absolute atomic E-state index is 0.586. The Morgan fingerprint density at radius 3 is 2.76 bits per heavy atom. The van der Waals surface area contributed by atoms with Gasteiger partial charge in [0.25, 0.3) is 0 Å². The highest BCUT2D eigenvalue weighted by Crippen LogP contribution is 2.27. The van der Waals surface area contributed by atoms with E-state index in [9.17, 15) is 0 Å². The first-order valence-corrected chi connectivity index (χ1v) is 9.14. The van der Waals surface area contributed by atoms with Gasteiger partial charge in [0.1, 0.15) is 5.75 Å². The van der Waals surface area contributed by atoms with Crippen molar-refractivity contribution in [3.63, 3.8) is 0 Å². The summed E-state index contributed by atoms with van der Waals surface area (Å²) in [6.45, 7) is 6.14. The number of benzene rings is 1. The van der Waals surface area contributed by atoms with Gasteiger partial charge in [0.15, 0.2) is 0 Å². The summed E-state index contributed by atoms with van der Waals surface area (Å²) < 4.78 is 6.98. The topological polar surface area (TPSA) is 21.3 Å². The van der Waals surface area contributed by atoms with E-state index in [2.05, 4.69) is 53.3 Å². The van der Waals surface area contributed by atoms with Crippen molar-refractivity contribution in [1.82, 2.24) is 5.32 Å². The Bertz CT molecular complexity index is 429. The highest BCUT2D eigenvalue weighted by Gasteiger charge is 2.19. The second kappa shape index (κ2) is 8.79. The lowest BCUT2D eigenvalue weighted by atomic mass is 9.84. The molecule has 0 aliphatic heterocycles. The fraction of sp³-hybridized carbons (Fsp3) is 0.667. The predicted molar refractivity (Wildman–Crippen MR) is 92.8 cm³/mol. The number of nitrogens with one attached hydrogen (secondary N) is 1. The largest absolute Gasteiger partial charge is 0.493 e. The van der Waals surface area contributed by atoms with Gasteiger partial charge in [-0.15, -0.1) is 0 Å². The summed E-state index contributed by atoms with van der Waals surface area (Å²) in [5.74, 6) is 1.86. The first kappa shape index (κ1) is 16.8. The maximum atomic E-state index is 5.86. The monoisotopic (exact) mass is 353 g/mol. The number of hydrogen-bond donors (Lipinski definition) is 1. The second-order valence-corrected chi connectivity index (χ2v) is 7.08. The molecule has 1 aromatic carbocycles. The molecule has 0 amide bonds. The molecule has 1 atom stereocenters. The van der Waals surface area contributed by atoms with Gasteiger partial charge in [0.05, 0.1) is 6.61 Å². The number of rotatable bonds is 7. The molecule has 1 N–H and O–H groups in total. The average Bonchev–Trinajstić information content (AvgIpc) is 2.52. The highest BCUT2D eigenvalue weighted by atomic mass is 79.9. The van der Waals surface area contributed by atoms with Gasteiger partial charge in [0.2, 0.25) is 0 Å². The van der Waals surface area contributed by atoms with Gasteiger partial charge in [-0.3, -0.25) is 0 Å². The van der Waals surface area contributed by atoms with Crippen molar-refractivity contribution in [2.75, 3.05) is 6.61 Å². The van der Waals surface area contributed by atoms with E-state index in [0.29, 0.717) is 6.04 Å². The van der Waals surface area contributed by atoms with Crippen molar-refractivity contribution in [3.8, 4) is 5.75 Å². The van der Waals surface area contributed by atoms with E-state index in [1.807, 2.05) is 0 Å². The van der Waals surface area contributed by atoms with E-state index >= 15 is 0 Å². The summed E-state index contributed by atoms with van der Waals surface area (Å²) in [5, 5.41) is 3.71. The SMILES string of the molecule is CCCOc1ccc(Br)cc1CNC(C)C1CCCCC1. The zero-order valence-corrected chi connectivity index (χ0v) is 14.9. The third-order valence-corrected chi connectivity index (χ3v) is 4.95. The standard InChI is InChI=1S/C18H28BrNO/c1-3-11-21-18-10-9-17(19)12-16(18)13-20-14(2)15-7-5-4-6-8-15/h9-10,12,14-15,20H,3-8,11,13H2,1-2H3. The average molecular weight is 354 g/mol. The van der Waals surface area contributed by atoms with Crippen molar-refractivity contribution < 1.29 is 4.74 Å². The van der Waals surface area contributed by atoms with E-state index in [4.69, 9.17) is 4.74 Å². The molecular formula is C18H28BrNO. The van der Waals surface area contributed by atoms with Gasteiger partial charge in [-0.05, 0) is 50.3 Å². The Hall–Kier alpha value is -0.540. The molecular weight excluding hydrogens is 326 g/mol. The Labute approximate surface area is 137 Å². The van der Waals surface area contributed by atoms with Crippen LogP contribution in [0.2, 0.25) is 0 Å². The van der Waals surface area contributed by atoms with E-state index < -0.39 is 0 Å². The third kappa shape index (κ3) is 5.30. The van der Waals surface area contributed by atoms with Crippen LogP contribution in [-0.2, 0) is 6.54 Å². The minimum Gasteiger partial charge on any atom is -0.493 e. The highest BCUT2D eigenvalue weighted by molar-refractivity contribution is 9.10. The first-order valence-electron chi connectivity index (χ1n) is 8.35. The molecule has 1 saturated carbocycles. The zero-order chi connectivity index (χ0) is 15.1. The predicted octanol–water partition coefficient (Wildman–Crippen LogP) is 5.30. The summed E-state index contributed by atoms with van der Waals surface area (Å²) in [6.07, 6.45) is 8.03. The molecule has 0 bridgehead atoms. The van der Waals surface area contributed by atoms with E-state index in [1.54, 1.807) is 0 Å². The van der Waals surface area contributed by atoms with Crippen LogP contribution in [0.3, 0.4) is 0 Å². The summed E-state index contributed by atoms with van der Waals surface area (Å²) in [4.78, 5) is 0. The number of hydrogen-bond acceptors (Lipinski definition) is 2. The summed E-state index contributed by atoms with van der Waals surface area (Å²) in [5.41, 5.74) is 1.25. The smallest absolute Gasteiger partial charge is 0.123 e. The lowest BCUT2D eigenvalue weighted by Gasteiger charge is -2.28. The first-order chi connectivity index (χ1) is 10.2. The van der Waals surface area contributed by atoms with Crippen molar-refractivity contribution in [2.45, 2.75) is 65.0 Å². The molecule has 1 aliphatic carbocycles. The molecule has 2 nitrogen and oxygen atoms in total. The number of halogens is 1. The molecule has 1 unspecified atom stereocenters. The fourth-order valence-electron chi connectivity index (χ4n) is 3.11. The Morgan fingerprint density at radius 2 is 2.05 bits per heavy atom. The van der Waals surface area contributed by atoms with Crippen LogP contribution in [0.25, 0.3) is 0 Å². The van der Waals surface area contributed by atoms with E-state index in [1.165, 1.54) is 37.7 Å². The normalized spacial score (nSPS) is 17.7. The van der Waals surface area contributed by atoms with Crippen LogP contribution in [-0.4, -0.2) is 12.6 Å². The van der Waals surface area contributed by atoms with Gasteiger partial charge >= 0.3 is 0 Å². The molecule has 0 aromatic heterocycles. The van der Waals surface area contributed by atoms with Gasteiger partial charge in [-0.2, -0.15) is 0 Å². The molecule has 0 spiro atoms. The maximum Gasteiger partial charge on any atom is 0.123 e. The Kier molecular flexibility index (Phi) is 7.05. The zero-order valence-electron chi connectivity index (χ0n) is 13.3. The quantitative estimate of drug-likeness (QED) is 0.718. The van der Waals surface area contributed by atoms with Crippen LogP contribution in [0.5, 0.6) is 5.75 Å². The van der Waals surface area contributed by atoms with E-state index in [0.717, 1.165) is 35.7 Å². The van der Waals surface area contributed by atoms with Crippen LogP contribution in [0, 0.1) is 5.92 Å². The van der Waals surface area contributed by atoms with Crippen molar-refractivity contribution in [3.05, 3.63) is 28.2 Å². The lowest BCUT2D eigenvalue weighted by Crippen LogP contribution is -2.34. The van der Waals surface area contributed by atoms with E-state index in [-0.39, 0.29) is 0 Å². The van der Waals surface area contributed by atoms with Crippen LogP contribution < -0.4 is 10.1 Å². The minimum atomic E-state index is 0.586. The third-order valence-electron chi connectivity index (χ3n) is 4.46. The Balaban J connectivity index is 1.92. The molecule has 3 heteroatoms. The van der Waals surface area contributed by atoms with Crippen LogP contribution in [0.15, 0.2) is 22.7 Å². The van der Waals surface area contributed by atoms with Gasteiger partial charge < -0.3 is 10.1 Å². The van der Waals surface area contributed by atoms with Crippen LogP contribution >= 0.6 is 15.9 Å². The molecule has 0 saturated heterocycles. The summed E-state index contributed by atoms with van der Waals surface area (Å²) in [6, 6.07) is 6.88. The van der Waals surface area contributed by atoms with Crippen molar-refractivity contribution in [2.24, 2.45) is 5.92 Å². The second-order valence-electron chi connectivity index (χ2n) is 6.17. The summed E-state index contributed by atoms with van der Waals surface area (Å²) >= 11 is 3.56. The van der Waals surface area contributed by atoms with Crippen molar-refractivity contribution in [1.29, 1.82) is 0 Å². The Morgan fingerprint density at radius 1 is 1.29 bits per heavy atom. The van der Waals surface area contributed by atoms with Crippen molar-refractivity contribution >= 4 is 15.9 Å². The molecule has 1 aliphatic rings. The molecule has 0 radical (unpaired) electrons. The van der Waals surface area contributed by atoms with Gasteiger partial charge in [-0.25, -0.2) is 0 Å². The maximum absolute atomic E-state index is 5.86. The van der Waals surface area contributed by atoms with Gasteiger partial charge in [0, 0.05) is 22.6 Å². The molecule has 21 heavy (non-hydrogen) atoms.